The van der Waals surface area contributed by atoms with Crippen LogP contribution >= 0.6 is 27.5 Å². The maximum Gasteiger partial charge on any atom is 0.110 e. The molecule has 0 unspecified atom stereocenters. The highest BCUT2D eigenvalue weighted by Crippen LogP contribution is 2.29. The topological polar surface area (TPSA) is 12.9 Å². The number of rotatable bonds is 1. The van der Waals surface area contributed by atoms with E-state index in [4.69, 9.17) is 11.6 Å². The van der Waals surface area contributed by atoms with Crippen LogP contribution in [0.1, 0.15) is 30.9 Å². The second kappa shape index (κ2) is 4.34. The minimum absolute atomic E-state index is 0.450. The predicted octanol–water partition coefficient (Wildman–Crippen LogP) is 5.08. The fourth-order valence-corrected chi connectivity index (χ4v) is 2.63. The van der Waals surface area contributed by atoms with Gasteiger partial charge in [-0.15, -0.1) is 0 Å². The van der Waals surface area contributed by atoms with Crippen LogP contribution in [0.25, 0.3) is 10.9 Å². The number of nitrogens with zero attached hydrogens (tertiary/aromatic N) is 1. The molecule has 84 valence electrons. The van der Waals surface area contributed by atoms with E-state index >= 15 is 0 Å². The molecule has 0 spiro atoms. The molecular formula is C13H13BrClN. The van der Waals surface area contributed by atoms with Crippen LogP contribution in [0, 0.1) is 6.92 Å². The van der Waals surface area contributed by atoms with Gasteiger partial charge in [0, 0.05) is 10.4 Å². The Morgan fingerprint density at radius 1 is 1.25 bits per heavy atom. The first-order valence-electron chi connectivity index (χ1n) is 5.25. The van der Waals surface area contributed by atoms with Crippen molar-refractivity contribution >= 4 is 38.4 Å². The molecule has 0 aliphatic rings. The summed E-state index contributed by atoms with van der Waals surface area (Å²) in [7, 11) is 0. The Hall–Kier alpha value is -0.600. The van der Waals surface area contributed by atoms with Gasteiger partial charge in [-0.25, -0.2) is 4.98 Å². The minimum atomic E-state index is 0.450. The summed E-state index contributed by atoms with van der Waals surface area (Å²) in [6.45, 7) is 6.31. The van der Waals surface area contributed by atoms with Gasteiger partial charge in [0.05, 0.1) is 5.52 Å². The second-order valence-electron chi connectivity index (χ2n) is 4.32. The summed E-state index contributed by atoms with van der Waals surface area (Å²) >= 11 is 9.64. The Kier molecular flexibility index (Phi) is 3.22. The molecule has 0 bridgehead atoms. The van der Waals surface area contributed by atoms with Crippen molar-refractivity contribution in [3.05, 3.63) is 39.0 Å². The summed E-state index contributed by atoms with van der Waals surface area (Å²) in [6.07, 6.45) is 0. The number of benzene rings is 1. The van der Waals surface area contributed by atoms with E-state index in [0.29, 0.717) is 5.92 Å². The number of pyridine rings is 1. The zero-order valence-electron chi connectivity index (χ0n) is 9.51. The van der Waals surface area contributed by atoms with Crippen molar-refractivity contribution in [3.63, 3.8) is 0 Å². The number of hydrogen-bond acceptors (Lipinski definition) is 1. The quantitative estimate of drug-likeness (QED) is 0.669. The number of halogens is 2. The summed E-state index contributed by atoms with van der Waals surface area (Å²) in [5.74, 6) is 0.450. The fraction of sp³-hybridized carbons (Fsp3) is 0.308. The van der Waals surface area contributed by atoms with E-state index in [0.717, 1.165) is 26.1 Å². The number of fused-ring (bicyclic) bond motifs is 1. The number of aryl methyl sites for hydroxylation is 1. The van der Waals surface area contributed by atoms with Gasteiger partial charge in [0.1, 0.15) is 4.60 Å². The molecule has 2 rings (SSSR count). The molecule has 0 radical (unpaired) electrons. The van der Waals surface area contributed by atoms with E-state index in [1.165, 1.54) is 5.56 Å². The van der Waals surface area contributed by atoms with Gasteiger partial charge < -0.3 is 0 Å². The van der Waals surface area contributed by atoms with Crippen molar-refractivity contribution in [1.29, 1.82) is 0 Å². The Morgan fingerprint density at radius 2 is 1.94 bits per heavy atom. The molecule has 2 aromatic rings. The van der Waals surface area contributed by atoms with Gasteiger partial charge in [0.25, 0.3) is 0 Å². The maximum absolute atomic E-state index is 6.12. The lowest BCUT2D eigenvalue weighted by atomic mass is 10.0. The van der Waals surface area contributed by atoms with Crippen LogP contribution < -0.4 is 0 Å². The summed E-state index contributed by atoms with van der Waals surface area (Å²) in [5.41, 5.74) is 3.26. The molecule has 3 heteroatoms. The van der Waals surface area contributed by atoms with E-state index in [2.05, 4.69) is 40.8 Å². The predicted molar refractivity (Wildman–Crippen MR) is 73.3 cm³/mol. The highest BCUT2D eigenvalue weighted by atomic mass is 79.9. The van der Waals surface area contributed by atoms with Crippen molar-refractivity contribution in [2.24, 2.45) is 0 Å². The van der Waals surface area contributed by atoms with Crippen molar-refractivity contribution in [2.45, 2.75) is 26.7 Å². The Morgan fingerprint density at radius 3 is 2.56 bits per heavy atom. The van der Waals surface area contributed by atoms with Gasteiger partial charge in [-0.05, 0) is 58.1 Å². The molecule has 1 heterocycles. The summed E-state index contributed by atoms with van der Waals surface area (Å²) < 4.78 is 0.928. The molecule has 0 atom stereocenters. The Bertz CT molecular complexity index is 549. The van der Waals surface area contributed by atoms with E-state index < -0.39 is 0 Å². The lowest BCUT2D eigenvalue weighted by Crippen LogP contribution is -1.93. The zero-order chi connectivity index (χ0) is 11.9. The first-order valence-corrected chi connectivity index (χ1v) is 6.42. The molecular weight excluding hydrogens is 286 g/mol. The number of aromatic nitrogens is 1. The second-order valence-corrected chi connectivity index (χ2v) is 5.48. The Balaban J connectivity index is 2.74. The van der Waals surface area contributed by atoms with Crippen LogP contribution in [-0.2, 0) is 0 Å². The van der Waals surface area contributed by atoms with Crippen molar-refractivity contribution in [2.75, 3.05) is 0 Å². The summed E-state index contributed by atoms with van der Waals surface area (Å²) in [4.78, 5) is 4.56. The molecule has 1 aromatic carbocycles. The minimum Gasteiger partial charge on any atom is -0.241 e. The molecule has 1 nitrogen and oxygen atoms in total. The molecule has 0 amide bonds. The average Bonchev–Trinajstić information content (AvgIpc) is 2.19. The molecule has 16 heavy (non-hydrogen) atoms. The largest absolute Gasteiger partial charge is 0.241 e. The van der Waals surface area contributed by atoms with Crippen LogP contribution in [0.5, 0.6) is 0 Å². The van der Waals surface area contributed by atoms with Gasteiger partial charge in [-0.3, -0.25) is 0 Å². The third-order valence-corrected chi connectivity index (χ3v) is 3.74. The van der Waals surface area contributed by atoms with E-state index in [9.17, 15) is 0 Å². The van der Waals surface area contributed by atoms with Gasteiger partial charge in [-0.1, -0.05) is 25.4 Å². The molecule has 0 aliphatic heterocycles. The van der Waals surface area contributed by atoms with Crippen molar-refractivity contribution in [1.82, 2.24) is 4.98 Å². The first-order chi connectivity index (χ1) is 7.49. The third-order valence-electron chi connectivity index (χ3n) is 2.70. The van der Waals surface area contributed by atoms with Gasteiger partial charge in [-0.2, -0.15) is 0 Å². The Labute approximate surface area is 109 Å². The van der Waals surface area contributed by atoms with Gasteiger partial charge >= 0.3 is 0 Å². The van der Waals surface area contributed by atoms with Gasteiger partial charge in [0.15, 0.2) is 0 Å². The summed E-state index contributed by atoms with van der Waals surface area (Å²) in [5, 5.41) is 1.90. The SMILES string of the molecule is Cc1cc2nc(Br)c(C(C)C)cc2cc1Cl. The normalized spacial score (nSPS) is 11.4. The van der Waals surface area contributed by atoms with E-state index in [1.54, 1.807) is 0 Å². The van der Waals surface area contributed by atoms with Crippen LogP contribution in [-0.4, -0.2) is 4.98 Å². The average molecular weight is 299 g/mol. The zero-order valence-corrected chi connectivity index (χ0v) is 11.9. The first kappa shape index (κ1) is 11.9. The van der Waals surface area contributed by atoms with Gasteiger partial charge in [0.2, 0.25) is 0 Å². The highest BCUT2D eigenvalue weighted by Gasteiger charge is 2.09. The van der Waals surface area contributed by atoms with Crippen LogP contribution in [0.3, 0.4) is 0 Å². The number of hydrogen-bond donors (Lipinski definition) is 0. The fourth-order valence-electron chi connectivity index (χ4n) is 1.70. The third kappa shape index (κ3) is 2.09. The van der Waals surface area contributed by atoms with Crippen LogP contribution in [0.4, 0.5) is 0 Å². The summed E-state index contributed by atoms with van der Waals surface area (Å²) in [6, 6.07) is 6.16. The van der Waals surface area contributed by atoms with Crippen LogP contribution in [0.15, 0.2) is 22.8 Å². The standard InChI is InChI=1S/C13H13BrClN/c1-7(2)10-5-9-6-11(15)8(3)4-12(9)16-13(10)14/h4-7H,1-3H3. The highest BCUT2D eigenvalue weighted by molar-refractivity contribution is 9.10. The molecule has 1 aromatic heterocycles. The van der Waals surface area contributed by atoms with E-state index in [1.807, 2.05) is 19.1 Å². The van der Waals surface area contributed by atoms with E-state index in [-0.39, 0.29) is 0 Å². The molecule has 0 N–H and O–H groups in total. The van der Waals surface area contributed by atoms with Crippen molar-refractivity contribution in [3.8, 4) is 0 Å². The van der Waals surface area contributed by atoms with Crippen molar-refractivity contribution < 1.29 is 0 Å². The lowest BCUT2D eigenvalue weighted by molar-refractivity contribution is 0.854. The maximum atomic E-state index is 6.12. The lowest BCUT2D eigenvalue weighted by Gasteiger charge is -2.10. The smallest absolute Gasteiger partial charge is 0.110 e. The monoisotopic (exact) mass is 297 g/mol. The molecule has 0 saturated heterocycles. The van der Waals surface area contributed by atoms with Crippen LogP contribution in [0.2, 0.25) is 5.02 Å². The molecule has 0 fully saturated rings. The molecule has 0 saturated carbocycles. The molecule has 0 aliphatic carbocycles.